The molecule has 0 aliphatic carbocycles. The summed E-state index contributed by atoms with van der Waals surface area (Å²) >= 11 is 0. The van der Waals surface area contributed by atoms with E-state index in [-0.39, 0.29) is 25.2 Å². The first-order valence-corrected chi connectivity index (χ1v) is 24.8. The second-order valence-electron chi connectivity index (χ2n) is 16.3. The second-order valence-corrected chi connectivity index (χ2v) is 16.3. The van der Waals surface area contributed by atoms with Gasteiger partial charge in [-0.3, -0.25) is 9.59 Å². The summed E-state index contributed by atoms with van der Waals surface area (Å²) in [4.78, 5) is 25.3. The van der Waals surface area contributed by atoms with Crippen molar-refractivity contribution >= 4 is 11.9 Å². The molecule has 5 nitrogen and oxygen atoms in total. The van der Waals surface area contributed by atoms with Crippen molar-refractivity contribution in [3.05, 3.63) is 60.8 Å². The third kappa shape index (κ3) is 46.3. The average molecular weight is 811 g/mol. The van der Waals surface area contributed by atoms with Crippen LogP contribution in [-0.2, 0) is 23.8 Å². The second kappa shape index (κ2) is 49.0. The number of ether oxygens (including phenoxy) is 3. The highest BCUT2D eigenvalue weighted by atomic mass is 16.6. The molecule has 0 bridgehead atoms. The molecule has 0 aromatic rings. The first-order valence-electron chi connectivity index (χ1n) is 24.8. The van der Waals surface area contributed by atoms with E-state index in [1.165, 1.54) is 148 Å². The van der Waals surface area contributed by atoms with Gasteiger partial charge in [-0.05, 0) is 70.6 Å². The molecule has 0 amide bonds. The van der Waals surface area contributed by atoms with Crippen LogP contribution in [0.5, 0.6) is 0 Å². The van der Waals surface area contributed by atoms with Gasteiger partial charge in [0.05, 0.1) is 6.61 Å². The topological polar surface area (TPSA) is 61.8 Å². The quantitative estimate of drug-likeness (QED) is 0.0348. The summed E-state index contributed by atoms with van der Waals surface area (Å²) in [6, 6.07) is 0. The van der Waals surface area contributed by atoms with Gasteiger partial charge in [-0.1, -0.05) is 216 Å². The maximum atomic E-state index is 12.7. The van der Waals surface area contributed by atoms with Crippen molar-refractivity contribution in [3.8, 4) is 0 Å². The van der Waals surface area contributed by atoms with Crippen molar-refractivity contribution < 1.29 is 23.8 Å². The number of unbranched alkanes of at least 4 members (excludes halogenated alkanes) is 24. The van der Waals surface area contributed by atoms with Gasteiger partial charge in [0, 0.05) is 19.4 Å². The SMILES string of the molecule is CC/C=C\C/C=C\C/C=C\C/C=C\CCC(=O)OC(COCCCCCCCCCCCC)COC(=O)CCCCCCCCCCC/C=C\CCCCCCCC. The highest BCUT2D eigenvalue weighted by Crippen LogP contribution is 2.14. The van der Waals surface area contributed by atoms with Crippen molar-refractivity contribution in [2.45, 2.75) is 245 Å². The van der Waals surface area contributed by atoms with E-state index in [1.807, 2.05) is 6.08 Å². The summed E-state index contributed by atoms with van der Waals surface area (Å²) < 4.78 is 17.3. The summed E-state index contributed by atoms with van der Waals surface area (Å²) in [6.07, 6.45) is 61.0. The van der Waals surface area contributed by atoms with Crippen molar-refractivity contribution in [2.24, 2.45) is 0 Å². The third-order valence-corrected chi connectivity index (χ3v) is 10.6. The average Bonchev–Trinajstić information content (AvgIpc) is 3.22. The summed E-state index contributed by atoms with van der Waals surface area (Å²) in [5, 5.41) is 0. The van der Waals surface area contributed by atoms with E-state index in [4.69, 9.17) is 14.2 Å². The summed E-state index contributed by atoms with van der Waals surface area (Å²) in [7, 11) is 0. The minimum Gasteiger partial charge on any atom is -0.462 e. The van der Waals surface area contributed by atoms with Gasteiger partial charge >= 0.3 is 11.9 Å². The van der Waals surface area contributed by atoms with Crippen LogP contribution in [0.4, 0.5) is 0 Å². The fourth-order valence-electron chi connectivity index (χ4n) is 6.87. The monoisotopic (exact) mass is 811 g/mol. The van der Waals surface area contributed by atoms with Crippen LogP contribution in [0.3, 0.4) is 0 Å². The van der Waals surface area contributed by atoms with Gasteiger partial charge in [-0.25, -0.2) is 0 Å². The Hall–Kier alpha value is -2.40. The zero-order chi connectivity index (χ0) is 42.1. The molecule has 0 aromatic carbocycles. The van der Waals surface area contributed by atoms with Gasteiger partial charge in [0.2, 0.25) is 0 Å². The number of hydrogen-bond donors (Lipinski definition) is 0. The Morgan fingerprint density at radius 3 is 1.31 bits per heavy atom. The van der Waals surface area contributed by atoms with E-state index < -0.39 is 6.10 Å². The van der Waals surface area contributed by atoms with E-state index in [2.05, 4.69) is 75.5 Å². The molecule has 0 aromatic heterocycles. The van der Waals surface area contributed by atoms with Crippen LogP contribution in [-0.4, -0.2) is 37.9 Å². The molecule has 0 spiro atoms. The highest BCUT2D eigenvalue weighted by Gasteiger charge is 2.17. The molecule has 58 heavy (non-hydrogen) atoms. The lowest BCUT2D eigenvalue weighted by atomic mass is 10.1. The largest absolute Gasteiger partial charge is 0.462 e. The lowest BCUT2D eigenvalue weighted by Crippen LogP contribution is -2.30. The van der Waals surface area contributed by atoms with Crippen molar-refractivity contribution in [3.63, 3.8) is 0 Å². The van der Waals surface area contributed by atoms with E-state index >= 15 is 0 Å². The van der Waals surface area contributed by atoms with Gasteiger partial charge in [0.25, 0.3) is 0 Å². The predicted octanol–water partition coefficient (Wildman–Crippen LogP) is 16.6. The lowest BCUT2D eigenvalue weighted by Gasteiger charge is -2.18. The zero-order valence-corrected chi connectivity index (χ0v) is 38.6. The van der Waals surface area contributed by atoms with Gasteiger partial charge in [0.1, 0.15) is 6.61 Å². The van der Waals surface area contributed by atoms with Crippen LogP contribution < -0.4 is 0 Å². The number of allylic oxidation sites excluding steroid dienone is 10. The number of carbonyl (C=O) groups is 2. The fourth-order valence-corrected chi connectivity index (χ4v) is 6.87. The molecule has 0 rings (SSSR count). The third-order valence-electron chi connectivity index (χ3n) is 10.6. The van der Waals surface area contributed by atoms with Crippen LogP contribution in [0.2, 0.25) is 0 Å². The van der Waals surface area contributed by atoms with Crippen LogP contribution in [0.25, 0.3) is 0 Å². The molecular weight excluding hydrogens is 717 g/mol. The van der Waals surface area contributed by atoms with E-state index in [0.717, 1.165) is 51.4 Å². The standard InChI is InChI=1S/C53H94O5/c1-4-7-10-13-16-19-22-24-25-26-27-28-29-31-32-34-37-40-43-46-52(54)57-50-51(49-56-48-45-42-39-36-21-18-15-12-9-6-3)58-53(55)47-44-41-38-35-33-30-23-20-17-14-11-8-5-2/h8,11,17,20,24-25,30,33,38,41,51H,4-7,9-10,12-16,18-19,21-23,26-29,31-32,34-37,39-40,42-50H2,1-3H3/b11-8-,20-17-,25-24-,33-30-,41-38-. The zero-order valence-electron chi connectivity index (χ0n) is 38.6. The van der Waals surface area contributed by atoms with Crippen molar-refractivity contribution in [2.75, 3.05) is 19.8 Å². The summed E-state index contributed by atoms with van der Waals surface area (Å²) in [6.45, 7) is 7.64. The molecule has 1 unspecified atom stereocenters. The van der Waals surface area contributed by atoms with Gasteiger partial charge in [0.15, 0.2) is 6.10 Å². The van der Waals surface area contributed by atoms with E-state index in [1.54, 1.807) is 0 Å². The molecule has 0 radical (unpaired) electrons. The van der Waals surface area contributed by atoms with Crippen molar-refractivity contribution in [1.82, 2.24) is 0 Å². The molecule has 0 fully saturated rings. The van der Waals surface area contributed by atoms with Crippen LogP contribution in [0.1, 0.15) is 239 Å². The molecular formula is C53H94O5. The van der Waals surface area contributed by atoms with Crippen LogP contribution in [0.15, 0.2) is 60.8 Å². The van der Waals surface area contributed by atoms with Crippen LogP contribution >= 0.6 is 0 Å². The molecule has 0 saturated carbocycles. The number of esters is 2. The first kappa shape index (κ1) is 55.6. The maximum Gasteiger partial charge on any atom is 0.306 e. The minimum atomic E-state index is -0.571. The van der Waals surface area contributed by atoms with Crippen molar-refractivity contribution in [1.29, 1.82) is 0 Å². The van der Waals surface area contributed by atoms with Gasteiger partial charge in [-0.15, -0.1) is 0 Å². The molecule has 0 saturated heterocycles. The Morgan fingerprint density at radius 1 is 0.397 bits per heavy atom. The predicted molar refractivity (Wildman–Crippen MR) is 251 cm³/mol. The lowest BCUT2D eigenvalue weighted by molar-refractivity contribution is -0.162. The van der Waals surface area contributed by atoms with Gasteiger partial charge < -0.3 is 14.2 Å². The highest BCUT2D eigenvalue weighted by molar-refractivity contribution is 5.70. The number of carbonyl (C=O) groups excluding carboxylic acids is 2. The smallest absolute Gasteiger partial charge is 0.306 e. The Kier molecular flexibility index (Phi) is 46.9. The molecule has 336 valence electrons. The molecule has 0 heterocycles. The molecule has 5 heteroatoms. The Morgan fingerprint density at radius 2 is 0.810 bits per heavy atom. The number of rotatable bonds is 45. The van der Waals surface area contributed by atoms with Gasteiger partial charge in [-0.2, -0.15) is 0 Å². The minimum absolute atomic E-state index is 0.0570. The van der Waals surface area contributed by atoms with E-state index in [0.29, 0.717) is 25.9 Å². The summed E-state index contributed by atoms with van der Waals surface area (Å²) in [5.41, 5.74) is 0. The first-order chi connectivity index (χ1) is 28.6. The molecule has 0 N–H and O–H groups in total. The molecule has 1 atom stereocenters. The normalized spacial score (nSPS) is 12.7. The molecule has 0 aliphatic heterocycles. The Balaban J connectivity index is 4.25. The maximum absolute atomic E-state index is 12.7. The van der Waals surface area contributed by atoms with Crippen LogP contribution in [0, 0.1) is 0 Å². The summed E-state index contributed by atoms with van der Waals surface area (Å²) in [5.74, 6) is -0.488. The Labute approximate surface area is 360 Å². The number of hydrogen-bond acceptors (Lipinski definition) is 5. The fraction of sp³-hybridized carbons (Fsp3) is 0.774. The Bertz CT molecular complexity index is 1010. The molecule has 0 aliphatic rings. The van der Waals surface area contributed by atoms with E-state index in [9.17, 15) is 9.59 Å².